The van der Waals surface area contributed by atoms with Gasteiger partial charge in [0, 0.05) is 38.4 Å². The zero-order valence-electron chi connectivity index (χ0n) is 13.0. The number of rotatable bonds is 4. The molecule has 3 rings (SSSR count). The van der Waals surface area contributed by atoms with Crippen LogP contribution in [0.2, 0.25) is 0 Å². The Morgan fingerprint density at radius 1 is 1.27 bits per heavy atom. The minimum absolute atomic E-state index is 0.123. The van der Waals surface area contributed by atoms with Crippen LogP contribution in [0.25, 0.3) is 0 Å². The third-order valence-electron chi connectivity index (χ3n) is 3.84. The highest BCUT2D eigenvalue weighted by molar-refractivity contribution is 5.76. The topological polar surface area (TPSA) is 67.4 Å². The maximum atomic E-state index is 12.3. The van der Waals surface area contributed by atoms with Gasteiger partial charge >= 0.3 is 0 Å². The fourth-order valence-electron chi connectivity index (χ4n) is 2.66. The van der Waals surface area contributed by atoms with Crippen molar-refractivity contribution in [3.05, 3.63) is 35.5 Å². The molecule has 3 heterocycles. The number of piperazine rings is 1. The van der Waals surface area contributed by atoms with Crippen molar-refractivity contribution in [2.24, 2.45) is 0 Å². The average molecular weight is 303 g/mol. The molecule has 0 spiro atoms. The number of carbonyl (C=O) groups is 1. The van der Waals surface area contributed by atoms with Crippen molar-refractivity contribution in [1.82, 2.24) is 24.7 Å². The fraction of sp³-hybridized carbons (Fsp3) is 0.533. The van der Waals surface area contributed by atoms with Gasteiger partial charge in [-0.1, -0.05) is 5.16 Å². The SMILES string of the molecule is Cc1cnn(CC(=O)N2CCN(Cc3cc(C)no3)CC2)c1. The maximum absolute atomic E-state index is 12.3. The molecule has 1 aliphatic rings. The van der Waals surface area contributed by atoms with Crippen LogP contribution in [0.15, 0.2) is 23.0 Å². The van der Waals surface area contributed by atoms with E-state index in [1.807, 2.05) is 31.0 Å². The van der Waals surface area contributed by atoms with Gasteiger partial charge in [-0.25, -0.2) is 0 Å². The molecule has 7 nitrogen and oxygen atoms in total. The second-order valence-electron chi connectivity index (χ2n) is 5.81. The number of carbonyl (C=O) groups excluding carboxylic acids is 1. The van der Waals surface area contributed by atoms with Gasteiger partial charge in [0.05, 0.1) is 18.4 Å². The molecule has 0 atom stereocenters. The molecule has 2 aromatic heterocycles. The number of hydrogen-bond acceptors (Lipinski definition) is 5. The molecular weight excluding hydrogens is 282 g/mol. The Morgan fingerprint density at radius 3 is 2.64 bits per heavy atom. The Balaban J connectivity index is 1.47. The number of hydrogen-bond donors (Lipinski definition) is 0. The summed E-state index contributed by atoms with van der Waals surface area (Å²) < 4.78 is 6.93. The number of aromatic nitrogens is 3. The second kappa shape index (κ2) is 6.31. The zero-order chi connectivity index (χ0) is 15.5. The molecule has 0 aromatic carbocycles. The van der Waals surface area contributed by atoms with Gasteiger partial charge in [-0.3, -0.25) is 14.4 Å². The number of nitrogens with zero attached hydrogens (tertiary/aromatic N) is 5. The van der Waals surface area contributed by atoms with Crippen LogP contribution in [-0.2, 0) is 17.9 Å². The van der Waals surface area contributed by atoms with Crippen LogP contribution >= 0.6 is 0 Å². The Morgan fingerprint density at radius 2 is 2.05 bits per heavy atom. The van der Waals surface area contributed by atoms with Gasteiger partial charge in [0.2, 0.25) is 5.91 Å². The minimum atomic E-state index is 0.123. The molecule has 1 saturated heterocycles. The van der Waals surface area contributed by atoms with Crippen LogP contribution in [0, 0.1) is 13.8 Å². The molecule has 1 amide bonds. The zero-order valence-corrected chi connectivity index (χ0v) is 13.0. The molecule has 2 aromatic rings. The number of aryl methyl sites for hydroxylation is 2. The Kier molecular flexibility index (Phi) is 4.24. The van der Waals surface area contributed by atoms with Crippen molar-refractivity contribution >= 4 is 5.91 Å². The first-order valence-corrected chi connectivity index (χ1v) is 7.51. The lowest BCUT2D eigenvalue weighted by molar-refractivity contribution is -0.133. The van der Waals surface area contributed by atoms with Crippen LogP contribution in [0.5, 0.6) is 0 Å². The van der Waals surface area contributed by atoms with E-state index >= 15 is 0 Å². The van der Waals surface area contributed by atoms with E-state index in [0.29, 0.717) is 6.54 Å². The summed E-state index contributed by atoms with van der Waals surface area (Å²) >= 11 is 0. The molecule has 0 saturated carbocycles. The van der Waals surface area contributed by atoms with E-state index in [9.17, 15) is 4.79 Å². The van der Waals surface area contributed by atoms with Crippen molar-refractivity contribution in [3.63, 3.8) is 0 Å². The van der Waals surface area contributed by atoms with Gasteiger partial charge in [-0.2, -0.15) is 5.10 Å². The summed E-state index contributed by atoms with van der Waals surface area (Å²) in [4.78, 5) is 16.4. The summed E-state index contributed by atoms with van der Waals surface area (Å²) in [5.74, 6) is 1.00. The lowest BCUT2D eigenvalue weighted by Gasteiger charge is -2.34. The lowest BCUT2D eigenvalue weighted by Crippen LogP contribution is -2.49. The summed E-state index contributed by atoms with van der Waals surface area (Å²) in [6, 6.07) is 1.96. The molecule has 22 heavy (non-hydrogen) atoms. The number of amides is 1. The highest BCUT2D eigenvalue weighted by atomic mass is 16.5. The van der Waals surface area contributed by atoms with E-state index in [1.54, 1.807) is 10.9 Å². The van der Waals surface area contributed by atoms with Gasteiger partial charge in [0.15, 0.2) is 5.76 Å². The normalized spacial score (nSPS) is 16.2. The first-order chi connectivity index (χ1) is 10.6. The molecule has 7 heteroatoms. The van der Waals surface area contributed by atoms with Crippen LogP contribution in [0.1, 0.15) is 17.0 Å². The van der Waals surface area contributed by atoms with Crippen LogP contribution in [-0.4, -0.2) is 56.8 Å². The predicted octanol–water partition coefficient (Wildman–Crippen LogP) is 0.832. The fourth-order valence-corrected chi connectivity index (χ4v) is 2.66. The smallest absolute Gasteiger partial charge is 0.244 e. The molecule has 0 bridgehead atoms. The highest BCUT2D eigenvalue weighted by Crippen LogP contribution is 2.10. The minimum Gasteiger partial charge on any atom is -0.360 e. The summed E-state index contributed by atoms with van der Waals surface area (Å²) in [7, 11) is 0. The third-order valence-corrected chi connectivity index (χ3v) is 3.84. The van der Waals surface area contributed by atoms with Gasteiger partial charge in [0.1, 0.15) is 6.54 Å². The van der Waals surface area contributed by atoms with Crippen LogP contribution in [0.3, 0.4) is 0 Å². The van der Waals surface area contributed by atoms with Gasteiger partial charge in [-0.15, -0.1) is 0 Å². The molecule has 1 fully saturated rings. The lowest BCUT2D eigenvalue weighted by atomic mass is 10.3. The van der Waals surface area contributed by atoms with E-state index in [2.05, 4.69) is 15.2 Å². The van der Waals surface area contributed by atoms with Gasteiger partial charge in [0.25, 0.3) is 0 Å². The van der Waals surface area contributed by atoms with E-state index in [4.69, 9.17) is 4.52 Å². The van der Waals surface area contributed by atoms with E-state index < -0.39 is 0 Å². The summed E-state index contributed by atoms with van der Waals surface area (Å²) in [6.07, 6.45) is 3.66. The summed E-state index contributed by atoms with van der Waals surface area (Å²) in [6.45, 7) is 8.14. The first-order valence-electron chi connectivity index (χ1n) is 7.51. The van der Waals surface area contributed by atoms with Crippen LogP contribution < -0.4 is 0 Å². The molecule has 0 N–H and O–H groups in total. The van der Waals surface area contributed by atoms with E-state index in [0.717, 1.165) is 49.7 Å². The molecule has 0 aliphatic carbocycles. The van der Waals surface area contributed by atoms with Crippen molar-refractivity contribution in [2.45, 2.75) is 26.9 Å². The standard InChI is InChI=1S/C15H21N5O2/c1-12-8-16-20(9-12)11-15(21)19-5-3-18(4-6-19)10-14-7-13(2)17-22-14/h7-9H,3-6,10-11H2,1-2H3. The van der Waals surface area contributed by atoms with E-state index in [-0.39, 0.29) is 5.91 Å². The molecule has 0 unspecified atom stereocenters. The first kappa shape index (κ1) is 14.8. The predicted molar refractivity (Wildman–Crippen MR) is 80.1 cm³/mol. The monoisotopic (exact) mass is 303 g/mol. The van der Waals surface area contributed by atoms with Crippen molar-refractivity contribution < 1.29 is 9.32 Å². The van der Waals surface area contributed by atoms with Crippen molar-refractivity contribution in [2.75, 3.05) is 26.2 Å². The quantitative estimate of drug-likeness (QED) is 0.837. The largest absolute Gasteiger partial charge is 0.360 e. The van der Waals surface area contributed by atoms with Crippen molar-refractivity contribution in [3.8, 4) is 0 Å². The average Bonchev–Trinajstić information content (AvgIpc) is 3.08. The second-order valence-corrected chi connectivity index (χ2v) is 5.81. The van der Waals surface area contributed by atoms with Crippen LogP contribution in [0.4, 0.5) is 0 Å². The van der Waals surface area contributed by atoms with Crippen molar-refractivity contribution in [1.29, 1.82) is 0 Å². The Hall–Kier alpha value is -2.15. The molecule has 0 radical (unpaired) electrons. The van der Waals surface area contributed by atoms with E-state index in [1.165, 1.54) is 0 Å². The third kappa shape index (κ3) is 3.54. The highest BCUT2D eigenvalue weighted by Gasteiger charge is 2.22. The van der Waals surface area contributed by atoms with Gasteiger partial charge < -0.3 is 9.42 Å². The molecule has 118 valence electrons. The Labute approximate surface area is 129 Å². The summed E-state index contributed by atoms with van der Waals surface area (Å²) in [5.41, 5.74) is 1.97. The summed E-state index contributed by atoms with van der Waals surface area (Å²) in [5, 5.41) is 8.06. The Bertz CT molecular complexity index is 640. The molecule has 1 aliphatic heterocycles. The van der Waals surface area contributed by atoms with Gasteiger partial charge in [-0.05, 0) is 19.4 Å². The maximum Gasteiger partial charge on any atom is 0.244 e. The molecular formula is C15H21N5O2.